The van der Waals surface area contributed by atoms with Crippen LogP contribution in [0.25, 0.3) is 10.2 Å². The highest BCUT2D eigenvalue weighted by molar-refractivity contribution is 8.26. The van der Waals surface area contributed by atoms with E-state index >= 15 is 0 Å². The van der Waals surface area contributed by atoms with Crippen molar-refractivity contribution in [2.24, 2.45) is 0 Å². The average molecular weight is 391 g/mol. The van der Waals surface area contributed by atoms with E-state index in [-0.39, 0.29) is 11.1 Å². The molecule has 1 atom stereocenters. The van der Waals surface area contributed by atoms with Crippen molar-refractivity contribution in [3.63, 3.8) is 0 Å². The Kier molecular flexibility index (Phi) is 5.90. The zero-order valence-electron chi connectivity index (χ0n) is 14.8. The van der Waals surface area contributed by atoms with Gasteiger partial charge in [0.15, 0.2) is 10.3 Å². The summed E-state index contributed by atoms with van der Waals surface area (Å²) in [5.74, 6) is -0.286. The lowest BCUT2D eigenvalue weighted by molar-refractivity contribution is -0.117. The minimum Gasteiger partial charge on any atom is -0.349 e. The second kappa shape index (κ2) is 8.15. The quantitative estimate of drug-likeness (QED) is 0.541. The Labute approximate surface area is 160 Å². The molecule has 2 aromatic rings. The fourth-order valence-electron chi connectivity index (χ4n) is 3.00. The fourth-order valence-corrected chi connectivity index (χ4v) is 4.36. The summed E-state index contributed by atoms with van der Waals surface area (Å²) < 4.78 is 1.21. The van der Waals surface area contributed by atoms with E-state index < -0.39 is 0 Å². The molecule has 0 aliphatic carbocycles. The third-order valence-corrected chi connectivity index (χ3v) is 6.04. The number of fused-ring (bicyclic) bond motifs is 1. The molecule has 138 valence electrons. The first-order valence-electron chi connectivity index (χ1n) is 8.38. The van der Waals surface area contributed by atoms with Gasteiger partial charge >= 0.3 is 0 Å². The van der Waals surface area contributed by atoms with Crippen LogP contribution in [0.3, 0.4) is 0 Å². The van der Waals surface area contributed by atoms with Gasteiger partial charge in [0, 0.05) is 39.1 Å². The van der Waals surface area contributed by atoms with E-state index in [4.69, 9.17) is 10.8 Å². The fraction of sp³-hybridized carbons (Fsp3) is 0.412. The van der Waals surface area contributed by atoms with E-state index in [1.165, 1.54) is 17.2 Å². The summed E-state index contributed by atoms with van der Waals surface area (Å²) >= 11 is 2.63. The number of piperazine rings is 1. The minimum absolute atomic E-state index is 0.00476. The molecule has 0 saturated carbocycles. The number of hydrogen-bond acceptors (Lipinski definition) is 7. The second-order valence-corrected chi connectivity index (χ2v) is 8.08. The van der Waals surface area contributed by atoms with E-state index in [1.807, 2.05) is 10.4 Å². The maximum atomic E-state index is 11.0. The lowest BCUT2D eigenvalue weighted by Crippen LogP contribution is -2.48. The Hall–Kier alpha value is -1.97. The number of nitrogens with zero attached hydrogens (tertiary/aromatic N) is 3. The van der Waals surface area contributed by atoms with Gasteiger partial charge in [-0.2, -0.15) is 0 Å². The van der Waals surface area contributed by atoms with Crippen molar-refractivity contribution >= 4 is 49.6 Å². The number of carbonyl (C=O) groups is 1. The normalized spacial score (nSPS) is 16.5. The average Bonchev–Trinajstić information content (AvgIpc) is 3.08. The predicted octanol–water partition coefficient (Wildman–Crippen LogP) is 2.71. The monoisotopic (exact) mass is 390 g/mol. The molecule has 3 N–H and O–H groups in total. The largest absolute Gasteiger partial charge is 0.349 e. The van der Waals surface area contributed by atoms with Crippen LogP contribution in [0.2, 0.25) is 0 Å². The van der Waals surface area contributed by atoms with Crippen LogP contribution in [-0.4, -0.2) is 57.2 Å². The molecule has 9 heteroatoms. The number of hydrogen-bond donors (Lipinski definition) is 3. The van der Waals surface area contributed by atoms with Crippen LogP contribution < -0.4 is 5.32 Å². The predicted molar refractivity (Wildman–Crippen MR) is 108 cm³/mol. The Balaban J connectivity index is 1.55. The Bertz CT molecular complexity index is 828. The maximum absolute atomic E-state index is 11.0. The zero-order valence-corrected chi connectivity index (χ0v) is 16.4. The molecular weight excluding hydrogens is 368 g/mol. The Morgan fingerprint density at radius 3 is 2.73 bits per heavy atom. The third-order valence-electron chi connectivity index (χ3n) is 4.47. The molecule has 3 rings (SSSR count). The van der Waals surface area contributed by atoms with Gasteiger partial charge in [-0.05, 0) is 36.4 Å². The highest BCUT2D eigenvalue weighted by Gasteiger charge is 2.24. The smallest absolute Gasteiger partial charge is 0.222 e. The van der Waals surface area contributed by atoms with Gasteiger partial charge in [0.25, 0.3) is 0 Å². The summed E-state index contributed by atoms with van der Waals surface area (Å²) in [7, 11) is 0. The van der Waals surface area contributed by atoms with Crippen LogP contribution in [0, 0.1) is 10.8 Å². The second-order valence-electron chi connectivity index (χ2n) is 6.20. The topological polar surface area (TPSA) is 96.2 Å². The first-order valence-corrected chi connectivity index (χ1v) is 10.1. The number of benzene rings is 1. The molecule has 1 aromatic carbocycles. The summed E-state index contributed by atoms with van der Waals surface area (Å²) in [4.78, 5) is 19.7. The molecule has 0 spiro atoms. The summed E-state index contributed by atoms with van der Waals surface area (Å²) in [5, 5.41) is 18.5. The van der Waals surface area contributed by atoms with Gasteiger partial charge in [0.1, 0.15) is 0 Å². The summed E-state index contributed by atoms with van der Waals surface area (Å²) in [6.07, 6.45) is 0. The number of rotatable bonds is 2. The van der Waals surface area contributed by atoms with Gasteiger partial charge in [0.2, 0.25) is 5.91 Å². The third kappa shape index (κ3) is 4.40. The molecule has 1 aliphatic rings. The Morgan fingerprint density at radius 2 is 2.04 bits per heavy atom. The molecule has 26 heavy (non-hydrogen) atoms. The first kappa shape index (κ1) is 18.8. The van der Waals surface area contributed by atoms with E-state index in [0.717, 1.165) is 43.5 Å². The van der Waals surface area contributed by atoms with E-state index in [1.54, 1.807) is 11.3 Å². The van der Waals surface area contributed by atoms with Crippen molar-refractivity contribution in [1.82, 2.24) is 20.1 Å². The molecule has 7 nitrogen and oxygen atoms in total. The molecule has 2 heterocycles. The van der Waals surface area contributed by atoms with Crippen LogP contribution in [0.4, 0.5) is 0 Å². The number of thiazole rings is 1. The molecule has 0 radical (unpaired) electrons. The SMILES string of the molecule is CC(=O)NC(=N)SC(=N)N1CCN(C(C)c2ccc3scnc3c2)CC1. The molecule has 1 aromatic heterocycles. The van der Waals surface area contributed by atoms with Crippen molar-refractivity contribution < 1.29 is 4.79 Å². The van der Waals surface area contributed by atoms with E-state index in [9.17, 15) is 4.79 Å². The molecule has 1 amide bonds. The molecular formula is C17H22N6OS2. The number of nitrogens with one attached hydrogen (secondary N) is 3. The summed E-state index contributed by atoms with van der Waals surface area (Å²) in [6, 6.07) is 6.76. The Morgan fingerprint density at radius 1 is 1.31 bits per heavy atom. The van der Waals surface area contributed by atoms with Crippen molar-refractivity contribution in [3.8, 4) is 0 Å². The van der Waals surface area contributed by atoms with Crippen molar-refractivity contribution in [1.29, 1.82) is 10.8 Å². The van der Waals surface area contributed by atoms with Gasteiger partial charge in [-0.25, -0.2) is 4.98 Å². The van der Waals surface area contributed by atoms with Gasteiger partial charge in [-0.3, -0.25) is 20.5 Å². The maximum Gasteiger partial charge on any atom is 0.222 e. The zero-order chi connectivity index (χ0) is 18.7. The lowest BCUT2D eigenvalue weighted by Gasteiger charge is -2.39. The first-order chi connectivity index (χ1) is 12.4. The molecule has 1 fully saturated rings. The van der Waals surface area contributed by atoms with Gasteiger partial charge < -0.3 is 10.2 Å². The van der Waals surface area contributed by atoms with Crippen LogP contribution in [0.5, 0.6) is 0 Å². The molecule has 0 bridgehead atoms. The highest BCUT2D eigenvalue weighted by atomic mass is 32.2. The number of thioether (sulfide) groups is 1. The van der Waals surface area contributed by atoms with Crippen LogP contribution in [0.15, 0.2) is 23.7 Å². The molecule has 1 unspecified atom stereocenters. The minimum atomic E-state index is -0.286. The lowest BCUT2D eigenvalue weighted by atomic mass is 10.1. The molecule has 1 aliphatic heterocycles. The van der Waals surface area contributed by atoms with E-state index in [0.29, 0.717) is 11.2 Å². The van der Waals surface area contributed by atoms with Crippen molar-refractivity contribution in [3.05, 3.63) is 29.3 Å². The number of amides is 1. The standard InChI is InChI=1S/C17H22N6OS2/c1-11(13-3-4-15-14(9-13)20-10-25-15)22-5-7-23(8-6-22)17(19)26-16(18)21-12(2)24/h3-4,9-11,19H,5-8H2,1-2H3,(H2,18,21,24). The van der Waals surface area contributed by atoms with Crippen LogP contribution in [-0.2, 0) is 4.79 Å². The van der Waals surface area contributed by atoms with Crippen molar-refractivity contribution in [2.45, 2.75) is 19.9 Å². The van der Waals surface area contributed by atoms with Crippen LogP contribution in [0.1, 0.15) is 25.5 Å². The number of aromatic nitrogens is 1. The number of carbonyl (C=O) groups excluding carboxylic acids is 1. The van der Waals surface area contributed by atoms with Gasteiger partial charge in [0.05, 0.1) is 15.7 Å². The summed E-state index contributed by atoms with van der Waals surface area (Å²) in [6.45, 7) is 6.75. The van der Waals surface area contributed by atoms with Gasteiger partial charge in [-0.15, -0.1) is 11.3 Å². The van der Waals surface area contributed by atoms with Crippen LogP contribution >= 0.6 is 23.1 Å². The van der Waals surface area contributed by atoms with Crippen molar-refractivity contribution in [2.75, 3.05) is 26.2 Å². The van der Waals surface area contributed by atoms with E-state index in [2.05, 4.69) is 40.3 Å². The molecule has 1 saturated heterocycles. The van der Waals surface area contributed by atoms with Gasteiger partial charge in [-0.1, -0.05) is 6.07 Å². The highest BCUT2D eigenvalue weighted by Crippen LogP contribution is 2.26. The number of amidine groups is 2. The summed E-state index contributed by atoms with van der Waals surface area (Å²) in [5.41, 5.74) is 4.18.